The molecule has 8 heteroatoms. The number of rotatable bonds is 5. The minimum Gasteiger partial charge on any atom is -0.448 e. The van der Waals surface area contributed by atoms with Gasteiger partial charge in [-0.2, -0.15) is 0 Å². The van der Waals surface area contributed by atoms with E-state index >= 15 is 0 Å². The smallest absolute Gasteiger partial charge is 0.338 e. The standard InChI is InChI=1S/C8H10BrN3O4/c9-7-2-1-6(16-7)5-11-15-4-3-12(14)8(10)13/h1-2,5,14H,3-4H2,(H2,10,13)/b11-5+. The van der Waals surface area contributed by atoms with Gasteiger partial charge in [-0.1, -0.05) is 5.16 Å². The van der Waals surface area contributed by atoms with Crippen molar-refractivity contribution in [2.75, 3.05) is 13.2 Å². The minimum atomic E-state index is -0.942. The second-order valence-corrected chi connectivity index (χ2v) is 3.45. The molecular formula is C8H10BrN3O4. The van der Waals surface area contributed by atoms with Crippen LogP contribution in [0.4, 0.5) is 4.79 Å². The van der Waals surface area contributed by atoms with Crippen molar-refractivity contribution in [3.05, 3.63) is 22.6 Å². The number of nitrogens with two attached hydrogens (primary N) is 1. The monoisotopic (exact) mass is 291 g/mol. The molecule has 0 saturated carbocycles. The summed E-state index contributed by atoms with van der Waals surface area (Å²) in [5.74, 6) is 0.516. The summed E-state index contributed by atoms with van der Waals surface area (Å²) in [6.07, 6.45) is 1.36. The zero-order valence-electron chi connectivity index (χ0n) is 8.17. The van der Waals surface area contributed by atoms with Crippen LogP contribution in [0, 0.1) is 0 Å². The molecule has 0 aliphatic rings. The van der Waals surface area contributed by atoms with E-state index in [2.05, 4.69) is 21.1 Å². The summed E-state index contributed by atoms with van der Waals surface area (Å²) in [6.45, 7) is -0.0354. The molecule has 16 heavy (non-hydrogen) atoms. The Bertz CT molecular complexity index is 379. The first-order chi connectivity index (χ1) is 7.59. The lowest BCUT2D eigenvalue weighted by Crippen LogP contribution is -2.34. The number of hydroxylamine groups is 2. The molecule has 0 aliphatic carbocycles. The number of primary amides is 1. The lowest BCUT2D eigenvalue weighted by Gasteiger charge is -2.09. The Morgan fingerprint density at radius 2 is 2.50 bits per heavy atom. The zero-order valence-corrected chi connectivity index (χ0v) is 9.75. The fourth-order valence-electron chi connectivity index (χ4n) is 0.777. The van der Waals surface area contributed by atoms with Crippen LogP contribution in [0.15, 0.2) is 26.4 Å². The van der Waals surface area contributed by atoms with Crippen molar-refractivity contribution in [3.63, 3.8) is 0 Å². The molecule has 1 aromatic heterocycles. The summed E-state index contributed by atoms with van der Waals surface area (Å²) >= 11 is 3.13. The highest BCUT2D eigenvalue weighted by atomic mass is 79.9. The normalized spacial score (nSPS) is 10.6. The van der Waals surface area contributed by atoms with Crippen LogP contribution >= 0.6 is 15.9 Å². The second kappa shape index (κ2) is 6.13. The molecule has 0 aromatic carbocycles. The average molecular weight is 292 g/mol. The molecule has 1 heterocycles. The van der Waals surface area contributed by atoms with Gasteiger partial charge in [0, 0.05) is 0 Å². The molecule has 0 radical (unpaired) electrons. The SMILES string of the molecule is NC(=O)N(O)CCO/N=C/c1ccc(Br)o1. The van der Waals surface area contributed by atoms with Crippen molar-refractivity contribution in [1.29, 1.82) is 0 Å². The molecule has 1 aromatic rings. The van der Waals surface area contributed by atoms with E-state index in [1.54, 1.807) is 12.1 Å². The van der Waals surface area contributed by atoms with E-state index in [9.17, 15) is 4.79 Å². The van der Waals surface area contributed by atoms with Gasteiger partial charge in [0.15, 0.2) is 4.67 Å². The number of halogens is 1. The van der Waals surface area contributed by atoms with Gasteiger partial charge in [-0.25, -0.2) is 9.86 Å². The van der Waals surface area contributed by atoms with Crippen LogP contribution in [0.5, 0.6) is 0 Å². The summed E-state index contributed by atoms with van der Waals surface area (Å²) in [4.78, 5) is 15.1. The number of urea groups is 1. The van der Waals surface area contributed by atoms with Crippen molar-refractivity contribution < 1.29 is 19.3 Å². The maximum absolute atomic E-state index is 10.4. The third-order valence-corrected chi connectivity index (χ3v) is 1.92. The van der Waals surface area contributed by atoms with Crippen LogP contribution in [-0.4, -0.2) is 35.7 Å². The lowest BCUT2D eigenvalue weighted by atomic mass is 10.5. The summed E-state index contributed by atoms with van der Waals surface area (Å²) in [6, 6.07) is 2.46. The maximum atomic E-state index is 10.4. The van der Waals surface area contributed by atoms with Gasteiger partial charge in [0.2, 0.25) is 0 Å². The molecule has 0 unspecified atom stereocenters. The predicted molar refractivity (Wildman–Crippen MR) is 58.0 cm³/mol. The van der Waals surface area contributed by atoms with Gasteiger partial charge in [-0.3, -0.25) is 5.21 Å². The molecule has 88 valence electrons. The molecule has 0 fully saturated rings. The van der Waals surface area contributed by atoms with Crippen molar-refractivity contribution in [2.24, 2.45) is 10.9 Å². The van der Waals surface area contributed by atoms with E-state index in [1.807, 2.05) is 0 Å². The summed E-state index contributed by atoms with van der Waals surface area (Å²) in [7, 11) is 0. The first kappa shape index (κ1) is 12.5. The highest BCUT2D eigenvalue weighted by molar-refractivity contribution is 9.10. The van der Waals surface area contributed by atoms with Crippen LogP contribution in [-0.2, 0) is 4.84 Å². The summed E-state index contributed by atoms with van der Waals surface area (Å²) in [5, 5.41) is 12.7. The molecule has 7 nitrogen and oxygen atoms in total. The van der Waals surface area contributed by atoms with E-state index in [0.29, 0.717) is 15.5 Å². The van der Waals surface area contributed by atoms with Gasteiger partial charge in [0.1, 0.15) is 18.6 Å². The van der Waals surface area contributed by atoms with Crippen LogP contribution < -0.4 is 5.73 Å². The molecule has 2 amide bonds. The van der Waals surface area contributed by atoms with E-state index in [-0.39, 0.29) is 13.2 Å². The number of hydrogen-bond donors (Lipinski definition) is 2. The van der Waals surface area contributed by atoms with E-state index in [4.69, 9.17) is 20.2 Å². The number of nitrogens with zero attached hydrogens (tertiary/aromatic N) is 2. The number of carbonyl (C=O) groups excluding carboxylic acids is 1. The molecule has 3 N–H and O–H groups in total. The highest BCUT2D eigenvalue weighted by Gasteiger charge is 2.03. The number of furan rings is 1. The van der Waals surface area contributed by atoms with Gasteiger partial charge < -0.3 is 15.0 Å². The Kier molecular flexibility index (Phi) is 4.80. The van der Waals surface area contributed by atoms with Gasteiger partial charge in [0.25, 0.3) is 0 Å². The van der Waals surface area contributed by atoms with E-state index < -0.39 is 6.03 Å². The van der Waals surface area contributed by atoms with Crippen LogP contribution in [0.3, 0.4) is 0 Å². The van der Waals surface area contributed by atoms with Crippen molar-refractivity contribution in [2.45, 2.75) is 0 Å². The quantitative estimate of drug-likeness (QED) is 0.368. The Morgan fingerprint density at radius 1 is 1.75 bits per heavy atom. The fraction of sp³-hybridized carbons (Fsp3) is 0.250. The predicted octanol–water partition coefficient (Wildman–Crippen LogP) is 1.16. The van der Waals surface area contributed by atoms with Crippen molar-refractivity contribution in [3.8, 4) is 0 Å². The largest absolute Gasteiger partial charge is 0.448 e. The second-order valence-electron chi connectivity index (χ2n) is 2.67. The molecule has 1 rings (SSSR count). The fourth-order valence-corrected chi connectivity index (χ4v) is 1.10. The molecule has 0 spiro atoms. The molecule has 0 bridgehead atoms. The van der Waals surface area contributed by atoms with Crippen LogP contribution in [0.1, 0.15) is 5.76 Å². The number of amides is 2. The van der Waals surface area contributed by atoms with Gasteiger partial charge >= 0.3 is 6.03 Å². The highest BCUT2D eigenvalue weighted by Crippen LogP contribution is 2.12. The van der Waals surface area contributed by atoms with Gasteiger partial charge in [-0.05, 0) is 28.1 Å². The topological polar surface area (TPSA) is 101 Å². The van der Waals surface area contributed by atoms with E-state index in [1.165, 1.54) is 6.21 Å². The summed E-state index contributed by atoms with van der Waals surface area (Å²) < 4.78 is 5.69. The number of oxime groups is 1. The Balaban J connectivity index is 2.21. The van der Waals surface area contributed by atoms with Crippen LogP contribution in [0.2, 0.25) is 0 Å². The van der Waals surface area contributed by atoms with Gasteiger partial charge in [-0.15, -0.1) is 0 Å². The Hall–Kier alpha value is -1.54. The Labute approximate surface area is 99.5 Å². The lowest BCUT2D eigenvalue weighted by molar-refractivity contribution is -0.0560. The number of carbonyl (C=O) groups is 1. The molecule has 0 saturated heterocycles. The minimum absolute atomic E-state index is 0.0256. The molecular weight excluding hydrogens is 282 g/mol. The zero-order chi connectivity index (χ0) is 12.0. The van der Waals surface area contributed by atoms with E-state index in [0.717, 1.165) is 0 Å². The van der Waals surface area contributed by atoms with Crippen molar-refractivity contribution in [1.82, 2.24) is 5.06 Å². The van der Waals surface area contributed by atoms with Crippen LogP contribution in [0.25, 0.3) is 0 Å². The summed E-state index contributed by atoms with van der Waals surface area (Å²) in [5.41, 5.74) is 4.77. The third-order valence-electron chi connectivity index (χ3n) is 1.50. The Morgan fingerprint density at radius 3 is 3.06 bits per heavy atom. The first-order valence-corrected chi connectivity index (χ1v) is 5.05. The molecule has 0 atom stereocenters. The van der Waals surface area contributed by atoms with Crippen molar-refractivity contribution >= 4 is 28.2 Å². The number of hydrogen-bond acceptors (Lipinski definition) is 5. The average Bonchev–Trinajstić information content (AvgIpc) is 2.63. The third kappa shape index (κ3) is 4.32. The van der Waals surface area contributed by atoms with Gasteiger partial charge in [0.05, 0.1) is 6.54 Å². The first-order valence-electron chi connectivity index (χ1n) is 4.26. The maximum Gasteiger partial charge on any atom is 0.338 e. The molecule has 0 aliphatic heterocycles.